The highest BCUT2D eigenvalue weighted by atomic mass is 32.2. The molecule has 32 heavy (non-hydrogen) atoms. The average molecular weight is 473 g/mol. The van der Waals surface area contributed by atoms with Crippen molar-refractivity contribution in [2.75, 3.05) is 36.4 Å². The lowest BCUT2D eigenvalue weighted by molar-refractivity contribution is 0.102. The maximum atomic E-state index is 13.3. The van der Waals surface area contributed by atoms with Crippen molar-refractivity contribution in [3.63, 3.8) is 0 Å². The van der Waals surface area contributed by atoms with Crippen molar-refractivity contribution in [2.24, 2.45) is 0 Å². The third-order valence-corrected chi connectivity index (χ3v) is 8.75. The molecule has 1 aliphatic rings. The number of sulfonamides is 1. The van der Waals surface area contributed by atoms with Crippen LogP contribution in [0.5, 0.6) is 0 Å². The molecule has 170 valence electrons. The number of hydrogen-bond acceptors (Lipinski definition) is 6. The minimum absolute atomic E-state index is 0.134. The largest absolute Gasteiger partial charge is 0.371 e. The second-order valence-corrected chi connectivity index (χ2v) is 10.9. The third-order valence-electron chi connectivity index (χ3n) is 5.77. The number of carbonyl (C=O) groups excluding carboxylic acids is 1. The fourth-order valence-electron chi connectivity index (χ4n) is 4.05. The number of carbonyl (C=O) groups is 1. The first kappa shape index (κ1) is 22.7. The molecular weight excluding hydrogens is 444 g/mol. The Morgan fingerprint density at radius 2 is 1.84 bits per heavy atom. The van der Waals surface area contributed by atoms with E-state index in [-0.39, 0.29) is 10.8 Å². The van der Waals surface area contributed by atoms with Gasteiger partial charge in [0.15, 0.2) is 5.13 Å². The number of thiazole rings is 1. The van der Waals surface area contributed by atoms with E-state index >= 15 is 0 Å². The average Bonchev–Trinajstić information content (AvgIpc) is 3.43. The summed E-state index contributed by atoms with van der Waals surface area (Å²) >= 11 is 1.41. The predicted molar refractivity (Wildman–Crippen MR) is 130 cm³/mol. The molecule has 0 spiro atoms. The van der Waals surface area contributed by atoms with Crippen LogP contribution in [0.1, 0.15) is 42.6 Å². The van der Waals surface area contributed by atoms with Crippen molar-refractivity contribution in [2.45, 2.75) is 38.5 Å². The summed E-state index contributed by atoms with van der Waals surface area (Å²) in [6.45, 7) is 8.08. The summed E-state index contributed by atoms with van der Waals surface area (Å²) in [6, 6.07) is 10.8. The Kier molecular flexibility index (Phi) is 6.50. The van der Waals surface area contributed by atoms with E-state index in [4.69, 9.17) is 0 Å². The van der Waals surface area contributed by atoms with E-state index in [1.165, 1.54) is 21.7 Å². The fraction of sp³-hybridized carbons (Fsp3) is 0.391. The van der Waals surface area contributed by atoms with Gasteiger partial charge in [0.25, 0.3) is 5.91 Å². The van der Waals surface area contributed by atoms with E-state index in [1.54, 1.807) is 12.1 Å². The number of aromatic nitrogens is 1. The molecule has 1 saturated heterocycles. The van der Waals surface area contributed by atoms with E-state index < -0.39 is 10.0 Å². The molecule has 1 aromatic heterocycles. The summed E-state index contributed by atoms with van der Waals surface area (Å²) in [5.41, 5.74) is 3.07. The van der Waals surface area contributed by atoms with Gasteiger partial charge in [0, 0.05) is 31.9 Å². The van der Waals surface area contributed by atoms with Crippen LogP contribution in [-0.2, 0) is 10.0 Å². The number of nitrogens with zero attached hydrogens (tertiary/aromatic N) is 3. The highest BCUT2D eigenvalue weighted by Gasteiger charge is 2.26. The first-order valence-electron chi connectivity index (χ1n) is 10.9. The van der Waals surface area contributed by atoms with Crippen LogP contribution in [0.25, 0.3) is 10.2 Å². The van der Waals surface area contributed by atoms with E-state index in [2.05, 4.69) is 15.2 Å². The van der Waals surface area contributed by atoms with Gasteiger partial charge in [-0.25, -0.2) is 13.4 Å². The summed E-state index contributed by atoms with van der Waals surface area (Å²) < 4.78 is 28.6. The topological polar surface area (TPSA) is 82.6 Å². The van der Waals surface area contributed by atoms with Crippen molar-refractivity contribution in [1.29, 1.82) is 0 Å². The number of fused-ring (bicyclic) bond motifs is 1. The Morgan fingerprint density at radius 1 is 1.12 bits per heavy atom. The molecule has 1 aliphatic heterocycles. The molecule has 2 aromatic carbocycles. The normalized spacial score (nSPS) is 14.4. The Bertz CT molecular complexity index is 1240. The quantitative estimate of drug-likeness (QED) is 0.548. The molecule has 0 bridgehead atoms. The van der Waals surface area contributed by atoms with Gasteiger partial charge in [-0.15, -0.1) is 0 Å². The molecular formula is C23H28N4O3S2. The lowest BCUT2D eigenvalue weighted by Crippen LogP contribution is -2.31. The van der Waals surface area contributed by atoms with Crippen LogP contribution in [0.2, 0.25) is 0 Å². The standard InChI is InChI=1S/C23H28N4O3S2/c1-4-27(5-2)32(29,30)17-9-11-20(26-12-6-7-13-26)18(15-17)22(28)25-23-24-19-10-8-16(3)14-21(19)31-23/h8-11,14-15H,4-7,12-13H2,1-3H3,(H,24,25,28). The van der Waals surface area contributed by atoms with E-state index in [9.17, 15) is 13.2 Å². The van der Waals surface area contributed by atoms with Crippen molar-refractivity contribution in [3.8, 4) is 0 Å². The van der Waals surface area contributed by atoms with Gasteiger partial charge in [0.05, 0.1) is 20.7 Å². The summed E-state index contributed by atoms with van der Waals surface area (Å²) in [5.74, 6) is -0.348. The lowest BCUT2D eigenvalue weighted by Gasteiger charge is -2.23. The number of rotatable bonds is 7. The molecule has 0 aliphatic carbocycles. The third kappa shape index (κ3) is 4.37. The van der Waals surface area contributed by atoms with Crippen LogP contribution in [0.3, 0.4) is 0 Å². The van der Waals surface area contributed by atoms with Gasteiger partial charge in [-0.2, -0.15) is 4.31 Å². The van der Waals surface area contributed by atoms with Crippen LogP contribution in [0.15, 0.2) is 41.3 Å². The summed E-state index contributed by atoms with van der Waals surface area (Å²) in [4.78, 5) is 20.1. The molecule has 4 rings (SSSR count). The number of anilines is 2. The maximum Gasteiger partial charge on any atom is 0.259 e. The number of amides is 1. The molecule has 0 unspecified atom stereocenters. The van der Waals surface area contributed by atoms with Crippen molar-refractivity contribution in [1.82, 2.24) is 9.29 Å². The lowest BCUT2D eigenvalue weighted by atomic mass is 10.1. The van der Waals surface area contributed by atoms with Crippen molar-refractivity contribution in [3.05, 3.63) is 47.5 Å². The van der Waals surface area contributed by atoms with Crippen molar-refractivity contribution < 1.29 is 13.2 Å². The van der Waals surface area contributed by atoms with E-state index in [0.29, 0.717) is 23.8 Å². The SMILES string of the molecule is CCN(CC)S(=O)(=O)c1ccc(N2CCCC2)c(C(=O)Nc2nc3ccc(C)cc3s2)c1. The van der Waals surface area contributed by atoms with Gasteiger partial charge in [-0.3, -0.25) is 10.1 Å². The van der Waals surface area contributed by atoms with Crippen LogP contribution >= 0.6 is 11.3 Å². The minimum Gasteiger partial charge on any atom is -0.371 e. The molecule has 3 aromatic rings. The first-order chi connectivity index (χ1) is 15.3. The van der Waals surface area contributed by atoms with Crippen molar-refractivity contribution >= 4 is 48.3 Å². The zero-order valence-corrected chi connectivity index (χ0v) is 20.2. The second-order valence-electron chi connectivity index (χ2n) is 7.91. The Morgan fingerprint density at radius 3 is 2.53 bits per heavy atom. The zero-order valence-electron chi connectivity index (χ0n) is 18.6. The van der Waals surface area contributed by atoms with Gasteiger partial charge >= 0.3 is 0 Å². The van der Waals surface area contributed by atoms with Gasteiger partial charge in [-0.05, 0) is 55.7 Å². The van der Waals surface area contributed by atoms with Crippen LogP contribution < -0.4 is 10.2 Å². The molecule has 1 N–H and O–H groups in total. The highest BCUT2D eigenvalue weighted by Crippen LogP contribution is 2.31. The molecule has 0 atom stereocenters. The van der Waals surface area contributed by atoms with E-state index in [0.717, 1.165) is 47.4 Å². The monoisotopic (exact) mass is 472 g/mol. The molecule has 0 saturated carbocycles. The highest BCUT2D eigenvalue weighted by molar-refractivity contribution is 7.89. The molecule has 0 radical (unpaired) electrons. The van der Waals surface area contributed by atoms with Crippen LogP contribution in [0, 0.1) is 6.92 Å². The number of hydrogen-bond donors (Lipinski definition) is 1. The van der Waals surface area contributed by atoms with Gasteiger partial charge in [-0.1, -0.05) is 31.3 Å². The maximum absolute atomic E-state index is 13.3. The minimum atomic E-state index is -3.67. The Labute approximate surface area is 193 Å². The number of aryl methyl sites for hydroxylation is 1. The summed E-state index contributed by atoms with van der Waals surface area (Å²) in [6.07, 6.45) is 2.11. The zero-order chi connectivity index (χ0) is 22.9. The van der Waals surface area contributed by atoms with Gasteiger partial charge in [0.1, 0.15) is 0 Å². The summed E-state index contributed by atoms with van der Waals surface area (Å²) in [5, 5.41) is 3.40. The summed E-state index contributed by atoms with van der Waals surface area (Å²) in [7, 11) is -3.67. The predicted octanol–water partition coefficient (Wildman–Crippen LogP) is 4.49. The van der Waals surface area contributed by atoms with Crippen LogP contribution in [0.4, 0.5) is 10.8 Å². The molecule has 1 fully saturated rings. The molecule has 1 amide bonds. The van der Waals surface area contributed by atoms with Gasteiger partial charge < -0.3 is 4.90 Å². The first-order valence-corrected chi connectivity index (χ1v) is 13.2. The smallest absolute Gasteiger partial charge is 0.259 e. The van der Waals surface area contributed by atoms with E-state index in [1.807, 2.05) is 39.0 Å². The Hall–Kier alpha value is -2.49. The molecule has 2 heterocycles. The number of benzene rings is 2. The molecule has 9 heteroatoms. The Balaban J connectivity index is 1.72. The second kappa shape index (κ2) is 9.17. The fourth-order valence-corrected chi connectivity index (χ4v) is 6.50. The van der Waals surface area contributed by atoms with Crippen LogP contribution in [-0.4, -0.2) is 49.8 Å². The molecule has 7 nitrogen and oxygen atoms in total. The van der Waals surface area contributed by atoms with Gasteiger partial charge in [0.2, 0.25) is 10.0 Å². The number of nitrogens with one attached hydrogen (secondary N) is 1.